The van der Waals surface area contributed by atoms with Crippen molar-refractivity contribution in [2.45, 2.75) is 52.7 Å². The number of piperazine rings is 2. The number of aryl methyl sites for hydroxylation is 2. The smallest absolute Gasteiger partial charge is 0.454 e. The molecule has 2 N–H and O–H groups in total. The topological polar surface area (TPSA) is 153 Å². The number of carbonyl (C=O) groups excluding carboxylic acids is 5. The fraction of sp³-hybridized carbons (Fsp3) is 0.326. The largest absolute Gasteiger partial charge is 0.509 e. The van der Waals surface area contributed by atoms with Gasteiger partial charge in [0.1, 0.15) is 35.3 Å². The molecule has 6 rings (SSSR count). The number of amides is 4. The molecule has 13 nitrogen and oxygen atoms in total. The number of carbonyl (C=O) groups is 5. The number of rotatable bonds is 12. The first kappa shape index (κ1) is 42.9. The van der Waals surface area contributed by atoms with Crippen molar-refractivity contribution in [3.05, 3.63) is 117 Å². The van der Waals surface area contributed by atoms with E-state index in [9.17, 15) is 24.0 Å². The van der Waals surface area contributed by atoms with Gasteiger partial charge in [0.05, 0.1) is 13.1 Å². The molecule has 0 bridgehead atoms. The SMILES string of the molecule is CCc1cc(C(C)OC(=O)OC(C)c2cc(CC)c(F)cc2Oc2ccc(C(=O)N3CCNC(=O)C3)cc2F)c(Oc2ccc(C(=O)N3CCNC(=O)C3)cc2F)cc1F. The Balaban J connectivity index is 1.18. The number of benzene rings is 4. The Hall–Kier alpha value is -6.65. The zero-order valence-corrected chi connectivity index (χ0v) is 33.2. The summed E-state index contributed by atoms with van der Waals surface area (Å²) < 4.78 is 83.7. The van der Waals surface area contributed by atoms with Gasteiger partial charge in [0.25, 0.3) is 11.8 Å². The average Bonchev–Trinajstić information content (AvgIpc) is 3.21. The van der Waals surface area contributed by atoms with Crippen molar-refractivity contribution < 1.29 is 60.5 Å². The Bertz CT molecular complexity index is 2180. The third-order valence-electron chi connectivity index (χ3n) is 9.99. The van der Waals surface area contributed by atoms with Crippen molar-refractivity contribution in [1.82, 2.24) is 20.4 Å². The van der Waals surface area contributed by atoms with Crippen LogP contribution in [-0.2, 0) is 31.9 Å². The third kappa shape index (κ3) is 9.78. The van der Waals surface area contributed by atoms with E-state index in [0.29, 0.717) is 0 Å². The maximum atomic E-state index is 15.4. The first-order chi connectivity index (χ1) is 28.6. The second-order valence-electron chi connectivity index (χ2n) is 14.1. The van der Waals surface area contributed by atoms with E-state index in [1.54, 1.807) is 13.8 Å². The van der Waals surface area contributed by atoms with E-state index in [1.165, 1.54) is 60.0 Å². The van der Waals surface area contributed by atoms with Crippen LogP contribution in [-0.4, -0.2) is 78.9 Å². The molecule has 0 aromatic heterocycles. The van der Waals surface area contributed by atoms with Gasteiger partial charge in [-0.15, -0.1) is 0 Å². The van der Waals surface area contributed by atoms with E-state index < -0.39 is 53.4 Å². The van der Waals surface area contributed by atoms with E-state index >= 15 is 17.6 Å². The van der Waals surface area contributed by atoms with Gasteiger partial charge >= 0.3 is 6.16 Å². The summed E-state index contributed by atoms with van der Waals surface area (Å²) in [6.07, 6.45) is -3.04. The molecular formula is C43H42F4N4O9. The Kier molecular flexibility index (Phi) is 13.2. The van der Waals surface area contributed by atoms with Crippen LogP contribution in [0.5, 0.6) is 23.0 Å². The second kappa shape index (κ2) is 18.5. The molecule has 2 heterocycles. The van der Waals surface area contributed by atoms with Gasteiger partial charge in [-0.1, -0.05) is 13.8 Å². The predicted octanol–water partition coefficient (Wildman–Crippen LogP) is 7.07. The van der Waals surface area contributed by atoms with E-state index in [0.717, 1.165) is 24.3 Å². The second-order valence-corrected chi connectivity index (χ2v) is 14.1. The van der Waals surface area contributed by atoms with Gasteiger partial charge in [0, 0.05) is 60.6 Å². The van der Waals surface area contributed by atoms with Crippen LogP contribution in [0.4, 0.5) is 22.4 Å². The molecule has 2 aliphatic rings. The number of ether oxygens (including phenoxy) is 4. The number of halogens is 4. The van der Waals surface area contributed by atoms with Crippen LogP contribution in [0.2, 0.25) is 0 Å². The standard InChI is InChI=1S/C43H42F4N4O9/c1-5-25-15-29(37(19-31(25)44)59-35-9-7-27(17-33(35)46)41(54)50-13-11-48-39(52)21-50)23(3)57-43(56)58-24(4)30-16-26(6-2)32(45)20-38(30)60-36-10-8-28(18-34(36)47)42(55)51-14-12-49-40(53)22-51/h7-10,15-20,23-24H,5-6,11-14,21-22H2,1-4H3,(H,48,52)(H,49,53). The molecule has 0 aliphatic carbocycles. The summed E-state index contributed by atoms with van der Waals surface area (Å²) in [7, 11) is 0. The van der Waals surface area contributed by atoms with Gasteiger partial charge < -0.3 is 39.4 Å². The summed E-state index contributed by atoms with van der Waals surface area (Å²) in [6, 6.07) is 11.7. The van der Waals surface area contributed by atoms with E-state index in [2.05, 4.69) is 10.6 Å². The highest BCUT2D eigenvalue weighted by Gasteiger charge is 2.28. The van der Waals surface area contributed by atoms with E-state index in [4.69, 9.17) is 18.9 Å². The van der Waals surface area contributed by atoms with Gasteiger partial charge in [-0.2, -0.15) is 0 Å². The first-order valence-corrected chi connectivity index (χ1v) is 19.2. The van der Waals surface area contributed by atoms with Crippen LogP contribution in [0.1, 0.15) is 82.9 Å². The highest BCUT2D eigenvalue weighted by atomic mass is 19.1. The zero-order valence-electron chi connectivity index (χ0n) is 33.2. The van der Waals surface area contributed by atoms with Gasteiger partial charge in [-0.25, -0.2) is 22.4 Å². The van der Waals surface area contributed by atoms with Gasteiger partial charge in [-0.3, -0.25) is 19.2 Å². The lowest BCUT2D eigenvalue weighted by Gasteiger charge is -2.26. The Morgan fingerprint density at radius 2 is 1.00 bits per heavy atom. The highest BCUT2D eigenvalue weighted by molar-refractivity contribution is 5.98. The Labute approximate surface area is 342 Å². The number of hydrogen-bond donors (Lipinski definition) is 2. The summed E-state index contributed by atoms with van der Waals surface area (Å²) in [4.78, 5) is 65.2. The van der Waals surface area contributed by atoms with Crippen LogP contribution >= 0.6 is 0 Å². The van der Waals surface area contributed by atoms with Crippen molar-refractivity contribution >= 4 is 29.8 Å². The minimum Gasteiger partial charge on any atom is -0.454 e. The Morgan fingerprint density at radius 1 is 0.600 bits per heavy atom. The third-order valence-corrected chi connectivity index (χ3v) is 9.99. The van der Waals surface area contributed by atoms with Gasteiger partial charge in [0.2, 0.25) is 11.8 Å². The van der Waals surface area contributed by atoms with Crippen molar-refractivity contribution in [2.75, 3.05) is 39.3 Å². The number of nitrogens with one attached hydrogen (secondary N) is 2. The van der Waals surface area contributed by atoms with Crippen LogP contribution < -0.4 is 20.1 Å². The summed E-state index contributed by atoms with van der Waals surface area (Å²) in [5, 5.41) is 5.22. The lowest BCUT2D eigenvalue weighted by atomic mass is 10.0. The maximum absolute atomic E-state index is 15.4. The molecule has 4 aromatic rings. The fourth-order valence-corrected chi connectivity index (χ4v) is 6.69. The van der Waals surface area contributed by atoms with Gasteiger partial charge in [0.15, 0.2) is 23.1 Å². The quantitative estimate of drug-likeness (QED) is 0.113. The fourth-order valence-electron chi connectivity index (χ4n) is 6.69. The van der Waals surface area contributed by atoms with Gasteiger partial charge in [-0.05, 0) is 86.3 Å². The number of hydrogen-bond acceptors (Lipinski definition) is 9. The molecule has 2 aliphatic heterocycles. The molecule has 0 spiro atoms. The zero-order chi connectivity index (χ0) is 43.2. The lowest BCUT2D eigenvalue weighted by Crippen LogP contribution is -2.49. The molecule has 2 saturated heterocycles. The molecule has 2 unspecified atom stereocenters. The summed E-state index contributed by atoms with van der Waals surface area (Å²) in [6.45, 7) is 6.98. The summed E-state index contributed by atoms with van der Waals surface area (Å²) in [5.41, 5.74) is 0.721. The maximum Gasteiger partial charge on any atom is 0.509 e. The Morgan fingerprint density at radius 3 is 1.35 bits per heavy atom. The van der Waals surface area contributed by atoms with Crippen LogP contribution in [0.25, 0.3) is 0 Å². The molecular weight excluding hydrogens is 792 g/mol. The molecule has 60 heavy (non-hydrogen) atoms. The van der Waals surface area contributed by atoms with Crippen molar-refractivity contribution in [3.8, 4) is 23.0 Å². The molecule has 4 amide bonds. The van der Waals surface area contributed by atoms with Crippen LogP contribution in [0.3, 0.4) is 0 Å². The predicted molar refractivity (Wildman–Crippen MR) is 207 cm³/mol. The molecule has 2 fully saturated rings. The van der Waals surface area contributed by atoms with Crippen molar-refractivity contribution in [1.29, 1.82) is 0 Å². The van der Waals surface area contributed by atoms with E-state index in [1.807, 2.05) is 0 Å². The average molecular weight is 835 g/mol. The van der Waals surface area contributed by atoms with Crippen LogP contribution in [0, 0.1) is 23.3 Å². The normalized spacial score (nSPS) is 15.1. The number of nitrogens with zero attached hydrogens (tertiary/aromatic N) is 2. The molecule has 316 valence electrons. The first-order valence-electron chi connectivity index (χ1n) is 19.2. The van der Waals surface area contributed by atoms with Crippen molar-refractivity contribution in [2.24, 2.45) is 0 Å². The van der Waals surface area contributed by atoms with E-state index in [-0.39, 0.29) is 120 Å². The molecule has 17 heteroatoms. The molecule has 0 saturated carbocycles. The summed E-state index contributed by atoms with van der Waals surface area (Å²) in [5.74, 6) is -6.14. The monoisotopic (exact) mass is 834 g/mol. The van der Waals surface area contributed by atoms with Crippen molar-refractivity contribution in [3.63, 3.8) is 0 Å². The summed E-state index contributed by atoms with van der Waals surface area (Å²) >= 11 is 0. The molecule has 0 radical (unpaired) electrons. The molecule has 2 atom stereocenters. The minimum absolute atomic E-state index is 0.0304. The molecule has 4 aromatic carbocycles. The lowest BCUT2D eigenvalue weighted by molar-refractivity contribution is -0.124. The van der Waals surface area contributed by atoms with Crippen LogP contribution in [0.15, 0.2) is 60.7 Å². The highest BCUT2D eigenvalue weighted by Crippen LogP contribution is 2.38. The minimum atomic E-state index is -1.21.